The lowest BCUT2D eigenvalue weighted by Crippen LogP contribution is -2.42. The van der Waals surface area contributed by atoms with Gasteiger partial charge in [-0.3, -0.25) is 4.79 Å². The smallest absolute Gasteiger partial charge is 0.224 e. The number of rotatable bonds is 2. The standard InChI is InChI=1S/C13H16BrN5O/c1-15-13(20)9-3-2-6-18(7-9)12-10-4-5-11(14)19(10)17-8-16-12/h4-5,8-9H,2-3,6-7H2,1H3,(H,15,20). The largest absolute Gasteiger partial charge is 0.359 e. The van der Waals surface area contributed by atoms with Crippen LogP contribution in [0.4, 0.5) is 5.82 Å². The fourth-order valence-electron chi connectivity index (χ4n) is 2.72. The summed E-state index contributed by atoms with van der Waals surface area (Å²) < 4.78 is 2.71. The van der Waals surface area contributed by atoms with Gasteiger partial charge in [0.2, 0.25) is 5.91 Å². The molecule has 106 valence electrons. The van der Waals surface area contributed by atoms with Gasteiger partial charge in [0.25, 0.3) is 0 Å². The second-order valence-electron chi connectivity index (χ2n) is 4.94. The molecule has 0 spiro atoms. The van der Waals surface area contributed by atoms with Crippen LogP contribution in [0, 0.1) is 5.92 Å². The van der Waals surface area contributed by atoms with Crippen molar-refractivity contribution >= 4 is 33.2 Å². The molecular formula is C13H16BrN5O. The quantitative estimate of drug-likeness (QED) is 0.900. The van der Waals surface area contributed by atoms with Crippen molar-refractivity contribution in [3.8, 4) is 0 Å². The predicted molar refractivity (Wildman–Crippen MR) is 79.7 cm³/mol. The van der Waals surface area contributed by atoms with Crippen molar-refractivity contribution < 1.29 is 4.79 Å². The summed E-state index contributed by atoms with van der Waals surface area (Å²) in [5.74, 6) is 1.03. The number of hydrogen-bond acceptors (Lipinski definition) is 4. The van der Waals surface area contributed by atoms with Crippen molar-refractivity contribution in [2.24, 2.45) is 5.92 Å². The second kappa shape index (κ2) is 5.40. The first-order chi connectivity index (χ1) is 9.70. The molecule has 1 N–H and O–H groups in total. The molecule has 3 rings (SSSR count). The molecule has 1 aliphatic heterocycles. The molecule has 1 aliphatic rings. The van der Waals surface area contributed by atoms with E-state index in [4.69, 9.17) is 0 Å². The van der Waals surface area contributed by atoms with E-state index < -0.39 is 0 Å². The van der Waals surface area contributed by atoms with Gasteiger partial charge in [-0.2, -0.15) is 5.10 Å². The minimum absolute atomic E-state index is 0.0298. The van der Waals surface area contributed by atoms with Crippen molar-refractivity contribution in [1.29, 1.82) is 0 Å². The van der Waals surface area contributed by atoms with E-state index in [9.17, 15) is 4.79 Å². The first-order valence-electron chi connectivity index (χ1n) is 6.65. The van der Waals surface area contributed by atoms with Crippen LogP contribution >= 0.6 is 15.9 Å². The van der Waals surface area contributed by atoms with E-state index in [0.29, 0.717) is 6.54 Å². The van der Waals surface area contributed by atoms with E-state index in [0.717, 1.165) is 35.3 Å². The SMILES string of the molecule is CNC(=O)C1CCCN(c2ncnn3c(Br)ccc23)C1. The molecule has 0 bridgehead atoms. The Morgan fingerprint density at radius 3 is 3.15 bits per heavy atom. The minimum atomic E-state index is 0.0298. The van der Waals surface area contributed by atoms with E-state index in [1.165, 1.54) is 0 Å². The number of nitrogens with one attached hydrogen (secondary N) is 1. The zero-order valence-corrected chi connectivity index (χ0v) is 12.8. The highest BCUT2D eigenvalue weighted by atomic mass is 79.9. The van der Waals surface area contributed by atoms with Crippen LogP contribution in [-0.4, -0.2) is 40.6 Å². The van der Waals surface area contributed by atoms with Crippen LogP contribution in [0.25, 0.3) is 5.52 Å². The Morgan fingerprint density at radius 2 is 2.35 bits per heavy atom. The van der Waals surface area contributed by atoms with E-state index in [2.05, 4.69) is 36.2 Å². The fraction of sp³-hybridized carbons (Fsp3) is 0.462. The number of halogens is 1. The highest BCUT2D eigenvalue weighted by Crippen LogP contribution is 2.27. The summed E-state index contributed by atoms with van der Waals surface area (Å²) in [7, 11) is 1.69. The first kappa shape index (κ1) is 13.4. The number of carbonyl (C=O) groups is 1. The van der Waals surface area contributed by atoms with Gasteiger partial charge in [0.15, 0.2) is 5.82 Å². The maximum Gasteiger partial charge on any atom is 0.224 e. The molecule has 0 aliphatic carbocycles. The van der Waals surface area contributed by atoms with Crippen LogP contribution in [-0.2, 0) is 4.79 Å². The van der Waals surface area contributed by atoms with Gasteiger partial charge in [-0.1, -0.05) is 0 Å². The molecule has 0 aromatic carbocycles. The summed E-state index contributed by atoms with van der Waals surface area (Å²) in [6.45, 7) is 1.62. The Balaban J connectivity index is 1.92. The molecule has 1 amide bonds. The normalized spacial score (nSPS) is 19.3. The van der Waals surface area contributed by atoms with Gasteiger partial charge in [-0.25, -0.2) is 9.50 Å². The van der Waals surface area contributed by atoms with Crippen LogP contribution in [0.2, 0.25) is 0 Å². The zero-order valence-electron chi connectivity index (χ0n) is 11.2. The molecule has 20 heavy (non-hydrogen) atoms. The molecule has 0 saturated carbocycles. The van der Waals surface area contributed by atoms with Gasteiger partial charge in [0, 0.05) is 20.1 Å². The first-order valence-corrected chi connectivity index (χ1v) is 7.45. The van der Waals surface area contributed by atoms with Crippen molar-refractivity contribution in [2.75, 3.05) is 25.0 Å². The maximum absolute atomic E-state index is 11.8. The third kappa shape index (κ3) is 2.26. The molecule has 1 atom stereocenters. The molecule has 1 saturated heterocycles. The van der Waals surface area contributed by atoms with Gasteiger partial charge in [0.1, 0.15) is 16.4 Å². The minimum Gasteiger partial charge on any atom is -0.359 e. The lowest BCUT2D eigenvalue weighted by molar-refractivity contribution is -0.124. The van der Waals surface area contributed by atoms with Crippen molar-refractivity contribution in [2.45, 2.75) is 12.8 Å². The molecule has 2 aromatic heterocycles. The van der Waals surface area contributed by atoms with E-state index >= 15 is 0 Å². The van der Waals surface area contributed by atoms with Crippen LogP contribution in [0.5, 0.6) is 0 Å². The number of carbonyl (C=O) groups excluding carboxylic acids is 1. The summed E-state index contributed by atoms with van der Waals surface area (Å²) in [6.07, 6.45) is 3.48. The van der Waals surface area contributed by atoms with E-state index in [1.54, 1.807) is 13.4 Å². The Kier molecular flexibility index (Phi) is 3.60. The highest BCUT2D eigenvalue weighted by molar-refractivity contribution is 9.10. The van der Waals surface area contributed by atoms with Crippen molar-refractivity contribution in [1.82, 2.24) is 19.9 Å². The third-order valence-corrected chi connectivity index (χ3v) is 4.32. The zero-order chi connectivity index (χ0) is 14.1. The van der Waals surface area contributed by atoms with Gasteiger partial charge in [-0.15, -0.1) is 0 Å². The molecule has 0 radical (unpaired) electrons. The predicted octanol–water partition coefficient (Wildman–Crippen LogP) is 1.45. The summed E-state index contributed by atoms with van der Waals surface area (Å²) in [5, 5.41) is 6.96. The van der Waals surface area contributed by atoms with Crippen LogP contribution in [0.3, 0.4) is 0 Å². The average molecular weight is 338 g/mol. The number of hydrogen-bond donors (Lipinski definition) is 1. The molecule has 1 unspecified atom stereocenters. The summed E-state index contributed by atoms with van der Waals surface area (Å²) in [5.41, 5.74) is 0.955. The monoisotopic (exact) mass is 337 g/mol. The number of amides is 1. The topological polar surface area (TPSA) is 62.5 Å². The van der Waals surface area contributed by atoms with Crippen molar-refractivity contribution in [3.05, 3.63) is 23.1 Å². The van der Waals surface area contributed by atoms with Gasteiger partial charge < -0.3 is 10.2 Å². The van der Waals surface area contributed by atoms with Gasteiger partial charge in [-0.05, 0) is 40.9 Å². The lowest BCUT2D eigenvalue weighted by Gasteiger charge is -2.32. The van der Waals surface area contributed by atoms with Crippen molar-refractivity contribution in [3.63, 3.8) is 0 Å². The summed E-state index contributed by atoms with van der Waals surface area (Å²) in [4.78, 5) is 18.4. The molecule has 3 heterocycles. The molecule has 1 fully saturated rings. The van der Waals surface area contributed by atoms with E-state index in [1.807, 2.05) is 16.6 Å². The summed E-state index contributed by atoms with van der Waals surface area (Å²) in [6, 6.07) is 3.94. The average Bonchev–Trinajstić information content (AvgIpc) is 2.88. The molecule has 2 aromatic rings. The van der Waals surface area contributed by atoms with E-state index in [-0.39, 0.29) is 11.8 Å². The Labute approximate surface area is 125 Å². The Bertz CT molecular complexity index is 641. The lowest BCUT2D eigenvalue weighted by atomic mass is 9.97. The van der Waals surface area contributed by atoms with Crippen LogP contribution < -0.4 is 10.2 Å². The van der Waals surface area contributed by atoms with Crippen LogP contribution in [0.15, 0.2) is 23.1 Å². The van der Waals surface area contributed by atoms with Gasteiger partial charge >= 0.3 is 0 Å². The van der Waals surface area contributed by atoms with Gasteiger partial charge in [0.05, 0.1) is 5.92 Å². The molecular weight excluding hydrogens is 322 g/mol. The maximum atomic E-state index is 11.8. The number of nitrogens with zero attached hydrogens (tertiary/aromatic N) is 4. The third-order valence-electron chi connectivity index (χ3n) is 3.72. The highest BCUT2D eigenvalue weighted by Gasteiger charge is 2.27. The number of fused-ring (bicyclic) bond motifs is 1. The Hall–Kier alpha value is -1.63. The molecule has 6 nitrogen and oxygen atoms in total. The van der Waals surface area contributed by atoms with Crippen LogP contribution in [0.1, 0.15) is 12.8 Å². The number of aromatic nitrogens is 3. The fourth-order valence-corrected chi connectivity index (χ4v) is 3.13. The Morgan fingerprint density at radius 1 is 1.50 bits per heavy atom. The number of anilines is 1. The summed E-state index contributed by atoms with van der Waals surface area (Å²) >= 11 is 3.46. The number of piperidine rings is 1. The second-order valence-corrected chi connectivity index (χ2v) is 5.75. The molecule has 7 heteroatoms.